The van der Waals surface area contributed by atoms with Gasteiger partial charge in [0.05, 0.1) is 29.0 Å². The third-order valence-electron chi connectivity index (χ3n) is 6.41. The molecule has 2 aromatic carbocycles. The Balaban J connectivity index is 1.86. The van der Waals surface area contributed by atoms with Gasteiger partial charge in [0, 0.05) is 47.4 Å². The number of hydrogen-bond donors (Lipinski definition) is 0. The molecule has 0 bridgehead atoms. The topological polar surface area (TPSA) is 107 Å². The van der Waals surface area contributed by atoms with Crippen LogP contribution in [0.3, 0.4) is 0 Å². The van der Waals surface area contributed by atoms with Crippen molar-refractivity contribution in [2.45, 2.75) is 24.7 Å². The third-order valence-corrected chi connectivity index (χ3v) is 6.41. The average Bonchev–Trinajstić information content (AvgIpc) is 3.10. The molecule has 1 unspecified atom stereocenters. The zero-order chi connectivity index (χ0) is 21.8. The number of non-ortho nitro benzene ring substituents is 1. The van der Waals surface area contributed by atoms with Crippen LogP contribution in [0.2, 0.25) is 0 Å². The van der Waals surface area contributed by atoms with E-state index in [-0.39, 0.29) is 5.69 Å². The van der Waals surface area contributed by atoms with Crippen LogP contribution in [0.25, 0.3) is 21.8 Å². The number of ether oxygens (including phenoxy) is 1. The molecular weight excluding hydrogens is 394 g/mol. The van der Waals surface area contributed by atoms with E-state index in [9.17, 15) is 15.4 Å². The molecule has 1 atom stereocenters. The van der Waals surface area contributed by atoms with E-state index in [2.05, 4.69) is 16.0 Å². The van der Waals surface area contributed by atoms with Crippen LogP contribution >= 0.6 is 0 Å². The van der Waals surface area contributed by atoms with Gasteiger partial charge in [-0.15, -0.1) is 0 Å². The van der Waals surface area contributed by atoms with Gasteiger partial charge in [0.25, 0.3) is 5.69 Å². The van der Waals surface area contributed by atoms with E-state index < -0.39 is 10.3 Å². The summed E-state index contributed by atoms with van der Waals surface area (Å²) in [5.41, 5.74) is 3.68. The number of aryl methyl sites for hydroxylation is 2. The first-order valence-electron chi connectivity index (χ1n) is 9.92. The first-order chi connectivity index (χ1) is 15.0. The van der Waals surface area contributed by atoms with E-state index in [1.54, 1.807) is 25.4 Å². The molecule has 2 aromatic heterocycles. The van der Waals surface area contributed by atoms with Crippen LogP contribution < -0.4 is 4.74 Å². The van der Waals surface area contributed by atoms with Crippen molar-refractivity contribution in [3.05, 3.63) is 69.8 Å². The molecule has 0 saturated carbocycles. The molecule has 0 amide bonds. The maximum absolute atomic E-state index is 11.5. The summed E-state index contributed by atoms with van der Waals surface area (Å²) in [6.07, 6.45) is 5.09. The second-order valence-electron chi connectivity index (χ2n) is 7.92. The van der Waals surface area contributed by atoms with E-state index in [4.69, 9.17) is 4.74 Å². The number of nitrogens with zero attached hydrogens (tertiary/aromatic N) is 5. The Kier molecular flexibility index (Phi) is 4.15. The molecule has 8 nitrogen and oxygen atoms in total. The maximum Gasteiger partial charge on any atom is 0.270 e. The highest BCUT2D eigenvalue weighted by Crippen LogP contribution is 2.46. The summed E-state index contributed by atoms with van der Waals surface area (Å²) in [4.78, 5) is 19.6. The summed E-state index contributed by atoms with van der Waals surface area (Å²) in [7, 11) is 3.51. The van der Waals surface area contributed by atoms with Crippen LogP contribution in [0.15, 0.2) is 42.9 Å². The van der Waals surface area contributed by atoms with Gasteiger partial charge in [-0.1, -0.05) is 6.07 Å². The number of fused-ring (bicyclic) bond motifs is 4. The number of nitriles is 1. The van der Waals surface area contributed by atoms with Gasteiger partial charge >= 0.3 is 0 Å². The summed E-state index contributed by atoms with van der Waals surface area (Å²) in [6, 6.07) is 11.2. The quantitative estimate of drug-likeness (QED) is 0.371. The van der Waals surface area contributed by atoms with Crippen molar-refractivity contribution >= 4 is 27.5 Å². The molecule has 2 heterocycles. The molecule has 1 aliphatic carbocycles. The number of methoxy groups -OCH3 is 1. The van der Waals surface area contributed by atoms with Gasteiger partial charge in [0.15, 0.2) is 0 Å². The van der Waals surface area contributed by atoms with Crippen molar-refractivity contribution in [2.24, 2.45) is 7.05 Å². The number of nitro groups is 1. The molecule has 8 heteroatoms. The summed E-state index contributed by atoms with van der Waals surface area (Å²) in [6.45, 7) is 0. The fourth-order valence-electron chi connectivity index (χ4n) is 4.88. The second-order valence-corrected chi connectivity index (χ2v) is 7.92. The van der Waals surface area contributed by atoms with Gasteiger partial charge in [-0.2, -0.15) is 5.26 Å². The highest BCUT2D eigenvalue weighted by Gasteiger charge is 2.39. The first kappa shape index (κ1) is 19.0. The minimum absolute atomic E-state index is 0.0159. The summed E-state index contributed by atoms with van der Waals surface area (Å²) in [5, 5.41) is 23.4. The van der Waals surface area contributed by atoms with Crippen LogP contribution in [0.1, 0.15) is 23.2 Å². The van der Waals surface area contributed by atoms with Crippen molar-refractivity contribution in [2.75, 3.05) is 7.11 Å². The molecule has 5 rings (SSSR count). The highest BCUT2D eigenvalue weighted by molar-refractivity contribution is 6.13. The molecule has 0 fully saturated rings. The lowest BCUT2D eigenvalue weighted by Gasteiger charge is -2.32. The maximum atomic E-state index is 11.5. The van der Waals surface area contributed by atoms with Crippen LogP contribution in [0.5, 0.6) is 5.75 Å². The van der Waals surface area contributed by atoms with Crippen LogP contribution in [0.4, 0.5) is 5.69 Å². The van der Waals surface area contributed by atoms with E-state index in [1.807, 2.05) is 23.7 Å². The summed E-state index contributed by atoms with van der Waals surface area (Å²) in [5.74, 6) is 0.660. The van der Waals surface area contributed by atoms with Gasteiger partial charge in [-0.3, -0.25) is 10.1 Å². The van der Waals surface area contributed by atoms with E-state index >= 15 is 0 Å². The van der Waals surface area contributed by atoms with Crippen LogP contribution in [-0.2, 0) is 25.3 Å². The molecule has 0 saturated heterocycles. The molecule has 1 aliphatic rings. The van der Waals surface area contributed by atoms with E-state index in [0.29, 0.717) is 25.0 Å². The summed E-state index contributed by atoms with van der Waals surface area (Å²) < 4.78 is 7.60. The van der Waals surface area contributed by atoms with E-state index in [0.717, 1.165) is 38.6 Å². The Morgan fingerprint density at radius 1 is 1.32 bits per heavy atom. The molecular formula is C23H19N5O3. The fourth-order valence-corrected chi connectivity index (χ4v) is 4.88. The number of benzene rings is 2. The van der Waals surface area contributed by atoms with Crippen molar-refractivity contribution in [1.82, 2.24) is 14.5 Å². The molecule has 0 spiro atoms. The number of aromatic nitrogens is 3. The van der Waals surface area contributed by atoms with Crippen molar-refractivity contribution < 1.29 is 9.66 Å². The normalized spacial score (nSPS) is 18.0. The van der Waals surface area contributed by atoms with Gasteiger partial charge in [-0.05, 0) is 42.5 Å². The SMILES string of the molecule is COc1ccc(C2(C#N)CCc3ncncc3C2)c2c3cc([N+](=O)[O-])ccc3n(C)c12. The second kappa shape index (κ2) is 6.77. The van der Waals surface area contributed by atoms with Crippen molar-refractivity contribution in [1.29, 1.82) is 5.26 Å². The average molecular weight is 413 g/mol. The molecule has 0 aliphatic heterocycles. The predicted octanol–water partition coefficient (Wildman–Crippen LogP) is 3.99. The Morgan fingerprint density at radius 2 is 2.16 bits per heavy atom. The molecule has 31 heavy (non-hydrogen) atoms. The van der Waals surface area contributed by atoms with Crippen molar-refractivity contribution in [3.8, 4) is 11.8 Å². The van der Waals surface area contributed by atoms with E-state index in [1.165, 1.54) is 12.4 Å². The van der Waals surface area contributed by atoms with Gasteiger partial charge in [0.2, 0.25) is 0 Å². The Labute approximate surface area is 177 Å². The van der Waals surface area contributed by atoms with Gasteiger partial charge in [0.1, 0.15) is 12.1 Å². The lowest BCUT2D eigenvalue weighted by molar-refractivity contribution is -0.384. The number of rotatable bonds is 3. The number of hydrogen-bond acceptors (Lipinski definition) is 6. The molecule has 4 aromatic rings. The van der Waals surface area contributed by atoms with Gasteiger partial charge in [-0.25, -0.2) is 9.97 Å². The monoisotopic (exact) mass is 413 g/mol. The minimum atomic E-state index is -0.791. The zero-order valence-electron chi connectivity index (χ0n) is 17.1. The lowest BCUT2D eigenvalue weighted by atomic mass is 9.68. The highest BCUT2D eigenvalue weighted by atomic mass is 16.6. The predicted molar refractivity (Wildman–Crippen MR) is 115 cm³/mol. The smallest absolute Gasteiger partial charge is 0.270 e. The standard InChI is InChI=1S/C23H19N5O3/c1-27-19-5-3-15(28(29)30)9-16(19)21-17(4-6-20(31-2)22(21)27)23(12-24)8-7-18-14(10-23)11-25-13-26-18/h3-6,9,11,13H,7-8,10H2,1-2H3. The molecule has 0 N–H and O–H groups in total. The van der Waals surface area contributed by atoms with Gasteiger partial charge < -0.3 is 9.30 Å². The van der Waals surface area contributed by atoms with Crippen molar-refractivity contribution in [3.63, 3.8) is 0 Å². The third kappa shape index (κ3) is 2.66. The lowest BCUT2D eigenvalue weighted by Crippen LogP contribution is -2.32. The van der Waals surface area contributed by atoms with Crippen LogP contribution in [-0.4, -0.2) is 26.6 Å². The Morgan fingerprint density at radius 3 is 2.90 bits per heavy atom. The zero-order valence-corrected chi connectivity index (χ0v) is 17.1. The Bertz CT molecular complexity index is 1420. The Hall–Kier alpha value is -3.99. The molecule has 154 valence electrons. The first-order valence-corrected chi connectivity index (χ1v) is 9.92. The molecule has 0 radical (unpaired) electrons. The number of nitro benzene ring substituents is 1. The largest absolute Gasteiger partial charge is 0.495 e. The fraction of sp³-hybridized carbons (Fsp3) is 0.261. The van der Waals surface area contributed by atoms with Crippen LogP contribution in [0, 0.1) is 21.4 Å². The minimum Gasteiger partial charge on any atom is -0.495 e. The summed E-state index contributed by atoms with van der Waals surface area (Å²) >= 11 is 0.